The van der Waals surface area contributed by atoms with Crippen LogP contribution in [0.4, 0.5) is 0 Å². The van der Waals surface area contributed by atoms with Crippen LogP contribution in [0.5, 0.6) is 0 Å². The average molecular weight is 195 g/mol. The van der Waals surface area contributed by atoms with Gasteiger partial charge in [-0.25, -0.2) is 4.98 Å². The number of imidazole rings is 1. The maximum Gasteiger partial charge on any atom is 0.125 e. The molecule has 1 aliphatic rings. The summed E-state index contributed by atoms with van der Waals surface area (Å²) in [6.07, 6.45) is 5.98. The molecule has 2 atom stereocenters. The Morgan fingerprint density at radius 2 is 2.57 bits per heavy atom. The zero-order chi connectivity index (χ0) is 9.97. The monoisotopic (exact) mass is 195 g/mol. The van der Waals surface area contributed by atoms with Crippen LogP contribution in [0, 0.1) is 5.92 Å². The van der Waals surface area contributed by atoms with Crippen molar-refractivity contribution in [2.75, 3.05) is 13.2 Å². The normalized spacial score (nSPS) is 24.9. The van der Waals surface area contributed by atoms with Gasteiger partial charge >= 0.3 is 0 Å². The van der Waals surface area contributed by atoms with E-state index in [2.05, 4.69) is 4.98 Å². The van der Waals surface area contributed by atoms with Crippen molar-refractivity contribution in [1.29, 1.82) is 0 Å². The van der Waals surface area contributed by atoms with E-state index in [-0.39, 0.29) is 6.04 Å². The third-order valence-corrected chi connectivity index (χ3v) is 2.86. The Balaban J connectivity index is 2.07. The van der Waals surface area contributed by atoms with Crippen LogP contribution < -0.4 is 5.73 Å². The van der Waals surface area contributed by atoms with Crippen LogP contribution in [0.25, 0.3) is 0 Å². The van der Waals surface area contributed by atoms with Crippen LogP contribution in [0.1, 0.15) is 24.7 Å². The highest BCUT2D eigenvalue weighted by Crippen LogP contribution is 2.25. The summed E-state index contributed by atoms with van der Waals surface area (Å²) in [4.78, 5) is 4.27. The molecule has 2 unspecified atom stereocenters. The van der Waals surface area contributed by atoms with Gasteiger partial charge in [-0.2, -0.15) is 0 Å². The lowest BCUT2D eigenvalue weighted by molar-refractivity contribution is 0.0433. The molecule has 0 saturated carbocycles. The smallest absolute Gasteiger partial charge is 0.125 e. The summed E-state index contributed by atoms with van der Waals surface area (Å²) in [6.45, 7) is 1.65. The summed E-state index contributed by atoms with van der Waals surface area (Å²) >= 11 is 0. The number of aryl methyl sites for hydroxylation is 1. The fourth-order valence-corrected chi connectivity index (χ4v) is 1.96. The fraction of sp³-hybridized carbons (Fsp3) is 0.700. The molecule has 2 heterocycles. The summed E-state index contributed by atoms with van der Waals surface area (Å²) in [5, 5.41) is 0. The number of hydrogen-bond acceptors (Lipinski definition) is 3. The first-order valence-electron chi connectivity index (χ1n) is 5.09. The van der Waals surface area contributed by atoms with Gasteiger partial charge in [0.25, 0.3) is 0 Å². The molecule has 4 nitrogen and oxygen atoms in total. The van der Waals surface area contributed by atoms with Gasteiger partial charge in [-0.15, -0.1) is 0 Å². The van der Waals surface area contributed by atoms with E-state index >= 15 is 0 Å². The first kappa shape index (κ1) is 9.68. The molecule has 2 rings (SSSR count). The quantitative estimate of drug-likeness (QED) is 0.761. The van der Waals surface area contributed by atoms with E-state index in [9.17, 15) is 0 Å². The number of ether oxygens (including phenoxy) is 1. The minimum Gasteiger partial charge on any atom is -0.381 e. The Kier molecular flexibility index (Phi) is 2.84. The van der Waals surface area contributed by atoms with E-state index in [0.29, 0.717) is 5.92 Å². The molecular weight excluding hydrogens is 178 g/mol. The molecule has 2 N–H and O–H groups in total. The molecule has 0 spiro atoms. The van der Waals surface area contributed by atoms with Gasteiger partial charge in [-0.3, -0.25) is 0 Å². The van der Waals surface area contributed by atoms with Crippen molar-refractivity contribution < 1.29 is 4.74 Å². The largest absolute Gasteiger partial charge is 0.381 e. The molecule has 0 aliphatic carbocycles. The van der Waals surface area contributed by atoms with Crippen molar-refractivity contribution in [2.24, 2.45) is 18.7 Å². The maximum absolute atomic E-state index is 6.15. The van der Waals surface area contributed by atoms with Crippen molar-refractivity contribution in [1.82, 2.24) is 9.55 Å². The maximum atomic E-state index is 6.15. The molecule has 1 aliphatic heterocycles. The van der Waals surface area contributed by atoms with Crippen molar-refractivity contribution in [2.45, 2.75) is 18.9 Å². The first-order valence-corrected chi connectivity index (χ1v) is 5.09. The van der Waals surface area contributed by atoms with Gasteiger partial charge in [0.1, 0.15) is 5.82 Å². The Labute approximate surface area is 84.1 Å². The summed E-state index contributed by atoms with van der Waals surface area (Å²) in [5.41, 5.74) is 6.15. The van der Waals surface area contributed by atoms with Gasteiger partial charge in [0, 0.05) is 32.0 Å². The lowest BCUT2D eigenvalue weighted by Gasteiger charge is -2.27. The molecule has 1 aromatic heterocycles. The molecule has 0 bridgehead atoms. The third kappa shape index (κ3) is 1.81. The number of nitrogens with zero attached hydrogens (tertiary/aromatic N) is 2. The second-order valence-electron chi connectivity index (χ2n) is 3.90. The Hall–Kier alpha value is -0.870. The van der Waals surface area contributed by atoms with Gasteiger partial charge in [0.15, 0.2) is 0 Å². The highest BCUT2D eigenvalue weighted by Gasteiger charge is 2.24. The molecule has 0 amide bonds. The summed E-state index contributed by atoms with van der Waals surface area (Å²) < 4.78 is 7.41. The standard InChI is InChI=1S/C10H17N3O/c1-13-5-4-12-10(13)9(11)8-3-2-6-14-7-8/h4-5,8-9H,2-3,6-7,11H2,1H3. The van der Waals surface area contributed by atoms with Gasteiger partial charge in [0.2, 0.25) is 0 Å². The predicted molar refractivity (Wildman–Crippen MR) is 53.7 cm³/mol. The summed E-state index contributed by atoms with van der Waals surface area (Å²) in [7, 11) is 1.98. The Bertz CT molecular complexity index is 291. The van der Waals surface area contributed by atoms with Gasteiger partial charge in [0.05, 0.1) is 12.6 Å². The minimum atomic E-state index is 0.00954. The van der Waals surface area contributed by atoms with Crippen molar-refractivity contribution >= 4 is 0 Å². The van der Waals surface area contributed by atoms with E-state index in [1.165, 1.54) is 0 Å². The van der Waals surface area contributed by atoms with E-state index in [1.807, 2.05) is 17.8 Å². The van der Waals surface area contributed by atoms with Gasteiger partial charge < -0.3 is 15.0 Å². The lowest BCUT2D eigenvalue weighted by Crippen LogP contribution is -2.30. The van der Waals surface area contributed by atoms with Gasteiger partial charge in [-0.05, 0) is 12.8 Å². The van der Waals surface area contributed by atoms with E-state index in [1.54, 1.807) is 6.20 Å². The van der Waals surface area contributed by atoms with Crippen molar-refractivity contribution in [3.05, 3.63) is 18.2 Å². The highest BCUT2D eigenvalue weighted by atomic mass is 16.5. The zero-order valence-corrected chi connectivity index (χ0v) is 8.52. The van der Waals surface area contributed by atoms with E-state index < -0.39 is 0 Å². The topological polar surface area (TPSA) is 53.1 Å². The number of nitrogens with two attached hydrogens (primary N) is 1. The number of hydrogen-bond donors (Lipinski definition) is 1. The second kappa shape index (κ2) is 4.11. The average Bonchev–Trinajstić information content (AvgIpc) is 2.65. The van der Waals surface area contributed by atoms with Crippen LogP contribution in [-0.4, -0.2) is 22.8 Å². The van der Waals surface area contributed by atoms with Gasteiger partial charge in [-0.1, -0.05) is 0 Å². The molecule has 14 heavy (non-hydrogen) atoms. The fourth-order valence-electron chi connectivity index (χ4n) is 1.96. The molecule has 0 aromatic carbocycles. The zero-order valence-electron chi connectivity index (χ0n) is 8.52. The number of aromatic nitrogens is 2. The minimum absolute atomic E-state index is 0.00954. The summed E-state index contributed by atoms with van der Waals surface area (Å²) in [6, 6.07) is 0.00954. The molecule has 4 heteroatoms. The van der Waals surface area contributed by atoms with E-state index in [4.69, 9.17) is 10.5 Å². The van der Waals surface area contributed by atoms with E-state index in [0.717, 1.165) is 31.9 Å². The summed E-state index contributed by atoms with van der Waals surface area (Å²) in [5.74, 6) is 1.38. The number of rotatable bonds is 2. The van der Waals surface area contributed by atoms with Crippen LogP contribution in [0.15, 0.2) is 12.4 Å². The molecule has 78 valence electrons. The molecule has 0 radical (unpaired) electrons. The van der Waals surface area contributed by atoms with Crippen LogP contribution in [-0.2, 0) is 11.8 Å². The lowest BCUT2D eigenvalue weighted by atomic mass is 9.94. The van der Waals surface area contributed by atoms with Crippen LogP contribution >= 0.6 is 0 Å². The highest BCUT2D eigenvalue weighted by molar-refractivity contribution is 5.00. The molecule has 1 aromatic rings. The molecule has 1 saturated heterocycles. The predicted octanol–water partition coefficient (Wildman–Crippen LogP) is 0.846. The van der Waals surface area contributed by atoms with Crippen LogP contribution in [0.3, 0.4) is 0 Å². The Morgan fingerprint density at radius 1 is 1.71 bits per heavy atom. The SMILES string of the molecule is Cn1ccnc1C(N)C1CCCOC1. The second-order valence-corrected chi connectivity index (χ2v) is 3.90. The Morgan fingerprint density at radius 3 is 3.14 bits per heavy atom. The van der Waals surface area contributed by atoms with Crippen molar-refractivity contribution in [3.8, 4) is 0 Å². The van der Waals surface area contributed by atoms with Crippen molar-refractivity contribution in [3.63, 3.8) is 0 Å². The first-order chi connectivity index (χ1) is 6.79. The molecular formula is C10H17N3O. The molecule has 1 fully saturated rings. The third-order valence-electron chi connectivity index (χ3n) is 2.86. The van der Waals surface area contributed by atoms with Crippen LogP contribution in [0.2, 0.25) is 0 Å².